The molecule has 0 spiro atoms. The van der Waals surface area contributed by atoms with E-state index in [4.69, 9.17) is 22.3 Å². The van der Waals surface area contributed by atoms with E-state index in [-0.39, 0.29) is 17.8 Å². The van der Waals surface area contributed by atoms with Crippen LogP contribution < -0.4 is 33.2 Å². The van der Waals surface area contributed by atoms with E-state index >= 15 is 0 Å². The number of aliphatic carboxylic acids is 1. The molecule has 10 N–H and O–H groups in total. The van der Waals surface area contributed by atoms with Crippen LogP contribution in [0.4, 0.5) is 0 Å². The van der Waals surface area contributed by atoms with Crippen molar-refractivity contribution in [3.8, 4) is 0 Å². The number of carboxylic acid groups (broad SMARTS) is 1. The maximum atomic E-state index is 12.9. The maximum Gasteiger partial charge on any atom is 0.325 e. The van der Waals surface area contributed by atoms with E-state index in [1.165, 1.54) is 6.92 Å². The summed E-state index contributed by atoms with van der Waals surface area (Å²) < 4.78 is 0. The van der Waals surface area contributed by atoms with Crippen molar-refractivity contribution in [1.82, 2.24) is 16.0 Å². The van der Waals surface area contributed by atoms with Crippen LogP contribution in [-0.4, -0.2) is 65.5 Å². The fourth-order valence-electron chi connectivity index (χ4n) is 2.76. The number of carbonyl (C=O) groups is 4. The van der Waals surface area contributed by atoms with Gasteiger partial charge in [-0.1, -0.05) is 34.1 Å². The molecule has 0 bridgehead atoms. The molecule has 0 radical (unpaired) electrons. The topological polar surface area (TPSA) is 215 Å². The molecule has 0 saturated heterocycles. The van der Waals surface area contributed by atoms with Crippen LogP contribution in [0.15, 0.2) is 4.99 Å². The van der Waals surface area contributed by atoms with Crippen LogP contribution in [0.3, 0.4) is 0 Å². The Balaban J connectivity index is 5.19. The summed E-state index contributed by atoms with van der Waals surface area (Å²) in [7, 11) is 0. The second kappa shape index (κ2) is 14.2. The first-order valence-electron chi connectivity index (χ1n) is 10.8. The van der Waals surface area contributed by atoms with Gasteiger partial charge in [0.2, 0.25) is 17.7 Å². The molecular weight excluding hydrogens is 418 g/mol. The Morgan fingerprint density at radius 3 is 1.91 bits per heavy atom. The quantitative estimate of drug-likeness (QED) is 0.0935. The standard InChI is InChI=1S/C20H39N7O5/c1-6-11(4)15(18(30)25-12(5)19(31)32)27-17(29)14(10(2)3)26-16(28)13(21)8-7-9-24-20(22)23/h10-15H,6-9,21H2,1-5H3,(H,25,30)(H,26,28)(H,27,29)(H,31,32)(H4,22,23,24). The van der Waals surface area contributed by atoms with E-state index in [9.17, 15) is 19.2 Å². The summed E-state index contributed by atoms with van der Waals surface area (Å²) in [5, 5.41) is 16.7. The van der Waals surface area contributed by atoms with E-state index < -0.39 is 47.9 Å². The van der Waals surface area contributed by atoms with Gasteiger partial charge in [-0.3, -0.25) is 24.2 Å². The number of guanidine groups is 1. The fourth-order valence-corrected chi connectivity index (χ4v) is 2.76. The van der Waals surface area contributed by atoms with Crippen molar-refractivity contribution in [3.63, 3.8) is 0 Å². The zero-order chi connectivity index (χ0) is 25.0. The van der Waals surface area contributed by atoms with Gasteiger partial charge in [0.05, 0.1) is 6.04 Å². The number of carbonyl (C=O) groups excluding carboxylic acids is 3. The molecule has 0 aliphatic carbocycles. The molecule has 0 aromatic heterocycles. The van der Waals surface area contributed by atoms with Crippen molar-refractivity contribution in [2.45, 2.75) is 78.0 Å². The molecule has 5 atom stereocenters. The number of amides is 3. The molecule has 32 heavy (non-hydrogen) atoms. The number of hydrogen-bond acceptors (Lipinski definition) is 6. The summed E-state index contributed by atoms with van der Waals surface area (Å²) in [6.45, 7) is 8.78. The molecule has 0 fully saturated rings. The Bertz CT molecular complexity index is 679. The molecule has 0 aliphatic heterocycles. The maximum absolute atomic E-state index is 12.9. The first-order chi connectivity index (χ1) is 14.8. The van der Waals surface area contributed by atoms with Crippen molar-refractivity contribution >= 4 is 29.7 Å². The van der Waals surface area contributed by atoms with Gasteiger partial charge in [0.25, 0.3) is 0 Å². The van der Waals surface area contributed by atoms with Gasteiger partial charge in [-0.15, -0.1) is 0 Å². The summed E-state index contributed by atoms with van der Waals surface area (Å²) in [4.78, 5) is 52.9. The lowest BCUT2D eigenvalue weighted by molar-refractivity contribution is -0.142. The highest BCUT2D eigenvalue weighted by Gasteiger charge is 2.33. The highest BCUT2D eigenvalue weighted by atomic mass is 16.4. The molecule has 0 aromatic carbocycles. The van der Waals surface area contributed by atoms with Gasteiger partial charge in [0.1, 0.15) is 18.1 Å². The normalized spacial score (nSPS) is 15.6. The molecule has 3 amide bonds. The third-order valence-electron chi connectivity index (χ3n) is 5.07. The summed E-state index contributed by atoms with van der Waals surface area (Å²) in [6, 6.07) is -3.85. The lowest BCUT2D eigenvalue weighted by Crippen LogP contribution is -2.59. The van der Waals surface area contributed by atoms with Gasteiger partial charge >= 0.3 is 5.97 Å². The average Bonchev–Trinajstić information content (AvgIpc) is 2.71. The number of nitrogens with one attached hydrogen (secondary N) is 3. The average molecular weight is 458 g/mol. The van der Waals surface area contributed by atoms with Crippen LogP contribution in [0, 0.1) is 11.8 Å². The van der Waals surface area contributed by atoms with Crippen molar-refractivity contribution in [2.75, 3.05) is 6.54 Å². The summed E-state index contributed by atoms with van der Waals surface area (Å²) in [5.74, 6) is -3.44. The van der Waals surface area contributed by atoms with Crippen molar-refractivity contribution in [1.29, 1.82) is 0 Å². The number of nitrogens with zero attached hydrogens (tertiary/aromatic N) is 1. The van der Waals surface area contributed by atoms with Gasteiger partial charge in [-0.2, -0.15) is 0 Å². The summed E-state index contributed by atoms with van der Waals surface area (Å²) in [5.41, 5.74) is 16.4. The Morgan fingerprint density at radius 1 is 0.906 bits per heavy atom. The van der Waals surface area contributed by atoms with Crippen LogP contribution in [0.1, 0.15) is 53.9 Å². The van der Waals surface area contributed by atoms with Gasteiger partial charge in [-0.25, -0.2) is 0 Å². The smallest absolute Gasteiger partial charge is 0.325 e. The van der Waals surface area contributed by atoms with Gasteiger partial charge in [0.15, 0.2) is 5.96 Å². The first kappa shape index (κ1) is 29.1. The fraction of sp³-hybridized carbons (Fsp3) is 0.750. The molecule has 0 heterocycles. The van der Waals surface area contributed by atoms with E-state index in [2.05, 4.69) is 20.9 Å². The van der Waals surface area contributed by atoms with E-state index in [0.29, 0.717) is 25.8 Å². The Kier molecular flexibility index (Phi) is 12.9. The Labute approximate surface area is 189 Å². The predicted molar refractivity (Wildman–Crippen MR) is 121 cm³/mol. The van der Waals surface area contributed by atoms with Crippen LogP contribution >= 0.6 is 0 Å². The molecule has 0 aliphatic rings. The third kappa shape index (κ3) is 10.4. The Hall–Kier alpha value is -2.89. The molecule has 12 heteroatoms. The SMILES string of the molecule is CCC(C)C(NC(=O)C(NC(=O)C(N)CCCN=C(N)N)C(C)C)C(=O)NC(C)C(=O)O. The number of hydrogen-bond donors (Lipinski definition) is 7. The van der Waals surface area contributed by atoms with E-state index in [1.54, 1.807) is 20.8 Å². The van der Waals surface area contributed by atoms with E-state index in [0.717, 1.165) is 0 Å². The van der Waals surface area contributed by atoms with Crippen LogP contribution in [0.2, 0.25) is 0 Å². The zero-order valence-corrected chi connectivity index (χ0v) is 19.6. The molecule has 0 rings (SSSR count). The van der Waals surface area contributed by atoms with Gasteiger partial charge < -0.3 is 38.3 Å². The first-order valence-corrected chi connectivity index (χ1v) is 10.8. The van der Waals surface area contributed by atoms with Gasteiger partial charge in [-0.05, 0) is 31.6 Å². The molecule has 12 nitrogen and oxygen atoms in total. The Morgan fingerprint density at radius 2 is 1.44 bits per heavy atom. The molecule has 5 unspecified atom stereocenters. The van der Waals surface area contributed by atoms with Crippen molar-refractivity contribution in [2.24, 2.45) is 34.0 Å². The highest BCUT2D eigenvalue weighted by Crippen LogP contribution is 2.11. The lowest BCUT2D eigenvalue weighted by Gasteiger charge is -2.29. The monoisotopic (exact) mass is 457 g/mol. The summed E-state index contributed by atoms with van der Waals surface area (Å²) >= 11 is 0. The van der Waals surface area contributed by atoms with Gasteiger partial charge in [0, 0.05) is 6.54 Å². The second-order valence-electron chi connectivity index (χ2n) is 8.23. The lowest BCUT2D eigenvalue weighted by atomic mass is 9.96. The number of nitrogens with two attached hydrogens (primary N) is 3. The minimum absolute atomic E-state index is 0.0442. The number of rotatable bonds is 14. The molecule has 184 valence electrons. The van der Waals surface area contributed by atoms with Crippen molar-refractivity contribution < 1.29 is 24.3 Å². The van der Waals surface area contributed by atoms with Crippen LogP contribution in [-0.2, 0) is 19.2 Å². The zero-order valence-electron chi connectivity index (χ0n) is 19.6. The number of carboxylic acids is 1. The minimum atomic E-state index is -1.19. The molecule has 0 saturated carbocycles. The largest absolute Gasteiger partial charge is 0.480 e. The predicted octanol–water partition coefficient (Wildman–Crippen LogP) is -1.37. The van der Waals surface area contributed by atoms with Crippen LogP contribution in [0.25, 0.3) is 0 Å². The third-order valence-corrected chi connectivity index (χ3v) is 5.07. The highest BCUT2D eigenvalue weighted by molar-refractivity contribution is 5.94. The molecular formula is C20H39N7O5. The minimum Gasteiger partial charge on any atom is -0.480 e. The van der Waals surface area contributed by atoms with Crippen LogP contribution in [0.5, 0.6) is 0 Å². The molecule has 0 aromatic rings. The second-order valence-corrected chi connectivity index (χ2v) is 8.23. The number of aliphatic imine (C=N–C) groups is 1. The van der Waals surface area contributed by atoms with Crippen molar-refractivity contribution in [3.05, 3.63) is 0 Å². The van der Waals surface area contributed by atoms with E-state index in [1.807, 2.05) is 6.92 Å². The summed E-state index contributed by atoms with van der Waals surface area (Å²) in [6.07, 6.45) is 1.38.